The number of hydrogen-bond donors (Lipinski definition) is 0. The van der Waals surface area contributed by atoms with Crippen molar-refractivity contribution in [1.82, 2.24) is 0 Å². The molecule has 0 aliphatic carbocycles. The number of hydrogen-bond acceptors (Lipinski definition) is 5. The first-order chi connectivity index (χ1) is 9.47. The number of ether oxygens (including phenoxy) is 4. The molecule has 0 saturated heterocycles. The average Bonchev–Trinajstić information content (AvgIpc) is 2.72. The Morgan fingerprint density at radius 1 is 1.30 bits per heavy atom. The van der Waals surface area contributed by atoms with Crippen LogP contribution >= 0.6 is 0 Å². The van der Waals surface area contributed by atoms with E-state index in [-0.39, 0.29) is 0 Å². The highest BCUT2D eigenvalue weighted by molar-refractivity contribution is 5.84. The van der Waals surface area contributed by atoms with Crippen LogP contribution in [0.4, 0.5) is 0 Å². The van der Waals surface area contributed by atoms with E-state index >= 15 is 0 Å². The Kier molecular flexibility index (Phi) is 3.88. The van der Waals surface area contributed by atoms with Crippen LogP contribution in [0.25, 0.3) is 0 Å². The van der Waals surface area contributed by atoms with Gasteiger partial charge in [-0.2, -0.15) is 0 Å². The molecule has 1 atom stereocenters. The summed E-state index contributed by atoms with van der Waals surface area (Å²) in [5.74, 6) is 1.63. The molecule has 0 saturated carbocycles. The van der Waals surface area contributed by atoms with E-state index in [2.05, 4.69) is 4.74 Å². The lowest BCUT2D eigenvalue weighted by Gasteiger charge is -2.23. The van der Waals surface area contributed by atoms with Gasteiger partial charge in [0.1, 0.15) is 5.76 Å². The maximum Gasteiger partial charge on any atom is 0.330 e. The van der Waals surface area contributed by atoms with Gasteiger partial charge in [-0.25, -0.2) is 4.79 Å². The third-order valence-electron chi connectivity index (χ3n) is 3.18. The number of rotatable bonds is 3. The molecule has 5 nitrogen and oxygen atoms in total. The summed E-state index contributed by atoms with van der Waals surface area (Å²) >= 11 is 0. The molecule has 0 fully saturated rings. The van der Waals surface area contributed by atoms with Crippen LogP contribution in [0.5, 0.6) is 0 Å². The summed E-state index contributed by atoms with van der Waals surface area (Å²) in [6, 6.07) is 0. The first kappa shape index (κ1) is 14.2. The van der Waals surface area contributed by atoms with Gasteiger partial charge in [0.05, 0.1) is 25.6 Å². The highest BCUT2D eigenvalue weighted by Crippen LogP contribution is 2.40. The van der Waals surface area contributed by atoms with E-state index < -0.39 is 12.3 Å². The molecular weight excluding hydrogens is 260 g/mol. The SMILES string of the molecule is COC(=O)/C=C(\C)C1=C2C(OC)=C(C)OC2OC(C)=C1. The average molecular weight is 278 g/mol. The van der Waals surface area contributed by atoms with Crippen LogP contribution < -0.4 is 0 Å². The third kappa shape index (κ3) is 2.43. The van der Waals surface area contributed by atoms with Crippen molar-refractivity contribution in [3.8, 4) is 0 Å². The minimum atomic E-state index is -0.522. The fourth-order valence-corrected chi connectivity index (χ4v) is 2.28. The second kappa shape index (κ2) is 5.45. The van der Waals surface area contributed by atoms with E-state index in [0.29, 0.717) is 11.5 Å². The van der Waals surface area contributed by atoms with Crippen LogP contribution in [0.1, 0.15) is 20.8 Å². The fourth-order valence-electron chi connectivity index (χ4n) is 2.28. The van der Waals surface area contributed by atoms with Gasteiger partial charge in [0.25, 0.3) is 6.29 Å². The smallest absolute Gasteiger partial charge is 0.330 e. The topological polar surface area (TPSA) is 54.0 Å². The second-order valence-corrected chi connectivity index (χ2v) is 4.59. The van der Waals surface area contributed by atoms with Crippen molar-refractivity contribution in [1.29, 1.82) is 0 Å². The van der Waals surface area contributed by atoms with E-state index in [9.17, 15) is 4.79 Å². The van der Waals surface area contributed by atoms with Crippen LogP contribution in [0.2, 0.25) is 0 Å². The molecule has 5 heteroatoms. The van der Waals surface area contributed by atoms with Crippen molar-refractivity contribution in [3.05, 3.63) is 46.1 Å². The van der Waals surface area contributed by atoms with Gasteiger partial charge in [-0.15, -0.1) is 0 Å². The molecule has 0 aromatic rings. The maximum atomic E-state index is 11.4. The summed E-state index contributed by atoms with van der Waals surface area (Å²) in [5.41, 5.74) is 2.43. The molecule has 0 aromatic carbocycles. The van der Waals surface area contributed by atoms with E-state index in [0.717, 1.165) is 22.5 Å². The molecule has 2 aliphatic rings. The van der Waals surface area contributed by atoms with Crippen molar-refractivity contribution < 1.29 is 23.7 Å². The predicted octanol–water partition coefficient (Wildman–Crippen LogP) is 2.57. The molecule has 2 aliphatic heterocycles. The van der Waals surface area contributed by atoms with E-state index in [1.165, 1.54) is 13.2 Å². The molecule has 20 heavy (non-hydrogen) atoms. The Hall–Kier alpha value is -2.17. The predicted molar refractivity (Wildman–Crippen MR) is 72.2 cm³/mol. The highest BCUT2D eigenvalue weighted by Gasteiger charge is 2.37. The maximum absolute atomic E-state index is 11.4. The molecule has 0 amide bonds. The molecular formula is C15H18O5. The minimum Gasteiger partial charge on any atom is -0.493 e. The summed E-state index contributed by atoms with van der Waals surface area (Å²) < 4.78 is 21.3. The van der Waals surface area contributed by atoms with Crippen molar-refractivity contribution in [2.45, 2.75) is 27.1 Å². The minimum absolute atomic E-state index is 0.400. The van der Waals surface area contributed by atoms with Gasteiger partial charge in [0.15, 0.2) is 5.76 Å². The lowest BCUT2D eigenvalue weighted by molar-refractivity contribution is -0.134. The van der Waals surface area contributed by atoms with Crippen LogP contribution in [0.3, 0.4) is 0 Å². The molecule has 0 spiro atoms. The van der Waals surface area contributed by atoms with Crippen LogP contribution in [0.15, 0.2) is 46.1 Å². The molecule has 0 N–H and O–H groups in total. The summed E-state index contributed by atoms with van der Waals surface area (Å²) in [6.07, 6.45) is 2.78. The number of esters is 1. The lowest BCUT2D eigenvalue weighted by atomic mass is 9.96. The first-order valence-corrected chi connectivity index (χ1v) is 6.25. The van der Waals surface area contributed by atoms with E-state index in [1.807, 2.05) is 26.8 Å². The quantitative estimate of drug-likeness (QED) is 0.586. The zero-order chi connectivity index (χ0) is 14.9. The Morgan fingerprint density at radius 2 is 2.00 bits per heavy atom. The van der Waals surface area contributed by atoms with Crippen LogP contribution in [-0.4, -0.2) is 26.5 Å². The number of fused-ring (bicyclic) bond motifs is 1. The molecule has 2 heterocycles. The monoisotopic (exact) mass is 278 g/mol. The standard InChI is InChI=1S/C15H18O5/c1-8(6-12(16)17-4)11-7-9(2)19-15-13(11)14(18-5)10(3)20-15/h6-7,15H,1-5H3/b8-6+. The van der Waals surface area contributed by atoms with Crippen molar-refractivity contribution >= 4 is 5.97 Å². The van der Waals surface area contributed by atoms with Gasteiger partial charge >= 0.3 is 5.97 Å². The molecule has 0 aromatic heterocycles. The Morgan fingerprint density at radius 3 is 2.60 bits per heavy atom. The van der Waals surface area contributed by atoms with Crippen LogP contribution in [-0.2, 0) is 23.7 Å². The molecule has 108 valence electrons. The largest absolute Gasteiger partial charge is 0.493 e. The van der Waals surface area contributed by atoms with Gasteiger partial charge in [-0.1, -0.05) is 0 Å². The molecule has 0 radical (unpaired) electrons. The summed E-state index contributed by atoms with van der Waals surface area (Å²) in [7, 11) is 2.93. The summed E-state index contributed by atoms with van der Waals surface area (Å²) in [6.45, 7) is 5.50. The summed E-state index contributed by atoms with van der Waals surface area (Å²) in [5, 5.41) is 0. The normalized spacial score (nSPS) is 21.9. The van der Waals surface area contributed by atoms with Gasteiger partial charge in [-0.3, -0.25) is 0 Å². The van der Waals surface area contributed by atoms with Gasteiger partial charge in [-0.05, 0) is 38.0 Å². The van der Waals surface area contributed by atoms with Crippen molar-refractivity contribution in [3.63, 3.8) is 0 Å². The van der Waals surface area contributed by atoms with Gasteiger partial charge in [0, 0.05) is 6.08 Å². The zero-order valence-corrected chi connectivity index (χ0v) is 12.3. The zero-order valence-electron chi connectivity index (χ0n) is 12.3. The highest BCUT2D eigenvalue weighted by atomic mass is 16.7. The fraction of sp³-hybridized carbons (Fsp3) is 0.400. The number of methoxy groups -OCH3 is 2. The van der Waals surface area contributed by atoms with E-state index in [1.54, 1.807) is 7.11 Å². The molecule has 2 rings (SSSR count). The molecule has 1 unspecified atom stereocenters. The molecule has 0 bridgehead atoms. The summed E-state index contributed by atoms with van der Waals surface area (Å²) in [4.78, 5) is 11.4. The number of carbonyl (C=O) groups is 1. The number of carbonyl (C=O) groups excluding carboxylic acids is 1. The lowest BCUT2D eigenvalue weighted by Crippen LogP contribution is -2.19. The van der Waals surface area contributed by atoms with Crippen molar-refractivity contribution in [2.75, 3.05) is 14.2 Å². The Bertz CT molecular complexity index is 563. The van der Waals surface area contributed by atoms with Gasteiger partial charge < -0.3 is 18.9 Å². The second-order valence-electron chi connectivity index (χ2n) is 4.59. The van der Waals surface area contributed by atoms with Crippen LogP contribution in [0, 0.1) is 0 Å². The Balaban J connectivity index is 2.54. The van der Waals surface area contributed by atoms with E-state index in [4.69, 9.17) is 14.2 Å². The number of allylic oxidation sites excluding steroid dienone is 5. The first-order valence-electron chi connectivity index (χ1n) is 6.25. The van der Waals surface area contributed by atoms with Crippen molar-refractivity contribution in [2.24, 2.45) is 0 Å². The Labute approximate surface area is 118 Å². The third-order valence-corrected chi connectivity index (χ3v) is 3.18. The van der Waals surface area contributed by atoms with Gasteiger partial charge in [0.2, 0.25) is 0 Å².